The van der Waals surface area contributed by atoms with Crippen molar-refractivity contribution < 1.29 is 9.21 Å². The van der Waals surface area contributed by atoms with Gasteiger partial charge < -0.3 is 15.5 Å². The van der Waals surface area contributed by atoms with Crippen molar-refractivity contribution in [1.82, 2.24) is 5.32 Å². The number of furan rings is 1. The van der Waals surface area contributed by atoms with Gasteiger partial charge >= 0.3 is 0 Å². The fourth-order valence-corrected chi connectivity index (χ4v) is 1.00. The Kier molecular flexibility index (Phi) is 3.71. The number of rotatable bonds is 4. The molecule has 0 spiro atoms. The second-order valence-electron chi connectivity index (χ2n) is 3.62. The second kappa shape index (κ2) is 4.81. The van der Waals surface area contributed by atoms with Gasteiger partial charge in [0.1, 0.15) is 0 Å². The molecule has 1 amide bonds. The van der Waals surface area contributed by atoms with Gasteiger partial charge in [0.2, 0.25) is 5.91 Å². The van der Waals surface area contributed by atoms with Gasteiger partial charge in [0.05, 0.1) is 18.6 Å². The molecule has 0 fully saturated rings. The van der Waals surface area contributed by atoms with Gasteiger partial charge in [-0.05, 0) is 12.0 Å². The van der Waals surface area contributed by atoms with Crippen LogP contribution < -0.4 is 11.1 Å². The van der Waals surface area contributed by atoms with E-state index in [9.17, 15) is 4.79 Å². The monoisotopic (exact) mass is 196 g/mol. The molecule has 1 atom stereocenters. The molecule has 0 radical (unpaired) electrons. The number of hydrogen-bond donors (Lipinski definition) is 2. The van der Waals surface area contributed by atoms with Gasteiger partial charge in [-0.15, -0.1) is 0 Å². The van der Waals surface area contributed by atoms with Gasteiger partial charge in [0.15, 0.2) is 0 Å². The molecular formula is C10H16N2O2. The summed E-state index contributed by atoms with van der Waals surface area (Å²) in [5, 5.41) is 2.74. The first-order chi connectivity index (χ1) is 6.61. The summed E-state index contributed by atoms with van der Waals surface area (Å²) in [4.78, 5) is 11.4. The Hall–Kier alpha value is -1.29. The molecule has 0 unspecified atom stereocenters. The molecule has 1 aromatic rings. The molecule has 0 saturated carbocycles. The fourth-order valence-electron chi connectivity index (χ4n) is 1.00. The molecule has 1 aromatic heterocycles. The Morgan fingerprint density at radius 1 is 1.64 bits per heavy atom. The summed E-state index contributed by atoms with van der Waals surface area (Å²) in [7, 11) is 0. The average Bonchev–Trinajstić information content (AvgIpc) is 2.65. The number of nitrogens with two attached hydrogens (primary N) is 1. The minimum absolute atomic E-state index is 0.124. The number of hydrogen-bond acceptors (Lipinski definition) is 3. The summed E-state index contributed by atoms with van der Waals surface area (Å²) < 4.78 is 4.87. The van der Waals surface area contributed by atoms with Crippen LogP contribution in [0, 0.1) is 5.92 Å². The molecule has 1 rings (SSSR count). The standard InChI is InChI=1S/C10H16N2O2/c1-7(2)9(11)10(13)12-5-8-3-4-14-6-8/h3-4,6-7,9H,5,11H2,1-2H3,(H,12,13)/t9-/m0/s1. The van der Waals surface area contributed by atoms with Crippen molar-refractivity contribution >= 4 is 5.91 Å². The minimum atomic E-state index is -0.443. The molecule has 3 N–H and O–H groups in total. The number of nitrogens with one attached hydrogen (secondary N) is 1. The highest BCUT2D eigenvalue weighted by Crippen LogP contribution is 2.01. The van der Waals surface area contributed by atoms with Crippen LogP contribution in [-0.4, -0.2) is 11.9 Å². The van der Waals surface area contributed by atoms with Gasteiger partial charge in [-0.2, -0.15) is 0 Å². The van der Waals surface area contributed by atoms with Gasteiger partial charge in [0, 0.05) is 12.1 Å². The molecule has 0 aliphatic heterocycles. The van der Waals surface area contributed by atoms with E-state index < -0.39 is 6.04 Å². The third-order valence-electron chi connectivity index (χ3n) is 2.07. The van der Waals surface area contributed by atoms with Crippen molar-refractivity contribution in [2.75, 3.05) is 0 Å². The van der Waals surface area contributed by atoms with Crippen molar-refractivity contribution in [1.29, 1.82) is 0 Å². The molecule has 4 heteroatoms. The van der Waals surface area contributed by atoms with Crippen LogP contribution in [0.15, 0.2) is 23.0 Å². The van der Waals surface area contributed by atoms with Gasteiger partial charge in [-0.3, -0.25) is 4.79 Å². The number of carbonyl (C=O) groups excluding carboxylic acids is 1. The largest absolute Gasteiger partial charge is 0.472 e. The van der Waals surface area contributed by atoms with E-state index in [1.807, 2.05) is 13.8 Å². The van der Waals surface area contributed by atoms with Crippen LogP contribution in [0.25, 0.3) is 0 Å². The van der Waals surface area contributed by atoms with Crippen LogP contribution in [0.2, 0.25) is 0 Å². The first-order valence-corrected chi connectivity index (χ1v) is 4.65. The SMILES string of the molecule is CC(C)[C@H](N)C(=O)NCc1ccoc1. The summed E-state index contributed by atoms with van der Waals surface area (Å²) in [5.41, 5.74) is 6.60. The van der Waals surface area contributed by atoms with Crippen LogP contribution in [0.5, 0.6) is 0 Å². The maximum Gasteiger partial charge on any atom is 0.237 e. The molecule has 0 aliphatic rings. The van der Waals surface area contributed by atoms with Crippen molar-refractivity contribution in [3.05, 3.63) is 24.2 Å². The lowest BCUT2D eigenvalue weighted by molar-refractivity contribution is -0.123. The van der Waals surface area contributed by atoms with Crippen LogP contribution >= 0.6 is 0 Å². The van der Waals surface area contributed by atoms with E-state index in [0.717, 1.165) is 5.56 Å². The molecular weight excluding hydrogens is 180 g/mol. The maximum atomic E-state index is 11.4. The van der Waals surface area contributed by atoms with E-state index >= 15 is 0 Å². The van der Waals surface area contributed by atoms with E-state index in [1.165, 1.54) is 0 Å². The lowest BCUT2D eigenvalue weighted by Crippen LogP contribution is -2.43. The summed E-state index contributed by atoms with van der Waals surface area (Å²) >= 11 is 0. The molecule has 0 aliphatic carbocycles. The Balaban J connectivity index is 2.35. The molecule has 4 nitrogen and oxygen atoms in total. The average molecular weight is 196 g/mol. The number of amides is 1. The van der Waals surface area contributed by atoms with Crippen molar-refractivity contribution in [2.24, 2.45) is 11.7 Å². The van der Waals surface area contributed by atoms with Crippen molar-refractivity contribution in [2.45, 2.75) is 26.4 Å². The lowest BCUT2D eigenvalue weighted by Gasteiger charge is -2.14. The molecule has 1 heterocycles. The van der Waals surface area contributed by atoms with E-state index in [4.69, 9.17) is 10.2 Å². The normalized spacial score (nSPS) is 12.9. The Labute approximate surface area is 83.5 Å². The molecule has 78 valence electrons. The van der Waals surface area contributed by atoms with Gasteiger partial charge in [-0.1, -0.05) is 13.8 Å². The fraction of sp³-hybridized carbons (Fsp3) is 0.500. The Morgan fingerprint density at radius 2 is 2.36 bits per heavy atom. The number of carbonyl (C=O) groups is 1. The predicted molar refractivity (Wildman–Crippen MR) is 53.4 cm³/mol. The van der Waals surface area contributed by atoms with Crippen LogP contribution in [0.1, 0.15) is 19.4 Å². The summed E-state index contributed by atoms with van der Waals surface area (Å²) in [6.45, 7) is 4.31. The van der Waals surface area contributed by atoms with E-state index in [0.29, 0.717) is 6.54 Å². The quantitative estimate of drug-likeness (QED) is 0.751. The minimum Gasteiger partial charge on any atom is -0.472 e. The van der Waals surface area contributed by atoms with E-state index in [2.05, 4.69) is 5.32 Å². The third kappa shape index (κ3) is 2.88. The summed E-state index contributed by atoms with van der Waals surface area (Å²) in [6, 6.07) is 1.36. The third-order valence-corrected chi connectivity index (χ3v) is 2.07. The Morgan fingerprint density at radius 3 is 2.86 bits per heavy atom. The Bertz CT molecular complexity index is 280. The highest BCUT2D eigenvalue weighted by Gasteiger charge is 2.16. The highest BCUT2D eigenvalue weighted by atomic mass is 16.3. The predicted octanol–water partition coefficient (Wildman–Crippen LogP) is 0.879. The zero-order valence-corrected chi connectivity index (χ0v) is 8.49. The van der Waals surface area contributed by atoms with Crippen molar-refractivity contribution in [3.63, 3.8) is 0 Å². The topological polar surface area (TPSA) is 68.3 Å². The van der Waals surface area contributed by atoms with Crippen LogP contribution in [0.4, 0.5) is 0 Å². The second-order valence-corrected chi connectivity index (χ2v) is 3.62. The zero-order chi connectivity index (χ0) is 10.6. The zero-order valence-electron chi connectivity index (χ0n) is 8.49. The van der Waals surface area contributed by atoms with Crippen LogP contribution in [-0.2, 0) is 11.3 Å². The summed E-state index contributed by atoms with van der Waals surface area (Å²) in [6.07, 6.45) is 3.17. The highest BCUT2D eigenvalue weighted by molar-refractivity contribution is 5.81. The molecule has 14 heavy (non-hydrogen) atoms. The molecule has 0 aromatic carbocycles. The maximum absolute atomic E-state index is 11.4. The smallest absolute Gasteiger partial charge is 0.237 e. The summed E-state index contributed by atoms with van der Waals surface area (Å²) in [5.74, 6) is 0.0283. The van der Waals surface area contributed by atoms with Gasteiger partial charge in [-0.25, -0.2) is 0 Å². The van der Waals surface area contributed by atoms with Gasteiger partial charge in [0.25, 0.3) is 0 Å². The lowest BCUT2D eigenvalue weighted by atomic mass is 10.1. The van der Waals surface area contributed by atoms with E-state index in [-0.39, 0.29) is 11.8 Å². The molecule has 0 bridgehead atoms. The first kappa shape index (κ1) is 10.8. The van der Waals surface area contributed by atoms with Crippen molar-refractivity contribution in [3.8, 4) is 0 Å². The first-order valence-electron chi connectivity index (χ1n) is 4.65. The van der Waals surface area contributed by atoms with Crippen LogP contribution in [0.3, 0.4) is 0 Å². The van der Waals surface area contributed by atoms with E-state index in [1.54, 1.807) is 18.6 Å². The molecule has 0 saturated heterocycles.